The fraction of sp³-hybridized carbons (Fsp3) is 0.0385. The smallest absolute Gasteiger partial charge is 0.157 e. The largest absolute Gasteiger partial charge is 0.455 e. The Morgan fingerprint density at radius 1 is 0.464 bits per heavy atom. The SMILES string of the molecule is NC(=NC(=NCc1ccccc1)c1ccccc1)c1cccc2c1oc1c(-c3cccc4c3C3(c5ccccc5-c5ccccc53)c3ccccc3-4)cccc12. The van der Waals surface area contributed by atoms with Gasteiger partial charge in [-0.05, 0) is 61.7 Å². The van der Waals surface area contributed by atoms with Gasteiger partial charge in [-0.3, -0.25) is 4.99 Å². The number of benzene rings is 8. The van der Waals surface area contributed by atoms with Gasteiger partial charge in [0.15, 0.2) is 5.84 Å². The molecule has 11 rings (SSSR count). The van der Waals surface area contributed by atoms with Gasteiger partial charge >= 0.3 is 0 Å². The molecule has 4 heteroatoms. The molecule has 0 saturated heterocycles. The Morgan fingerprint density at radius 2 is 0.946 bits per heavy atom. The predicted molar refractivity (Wildman–Crippen MR) is 229 cm³/mol. The van der Waals surface area contributed by atoms with E-state index in [2.05, 4.69) is 127 Å². The van der Waals surface area contributed by atoms with E-state index in [4.69, 9.17) is 20.1 Å². The van der Waals surface area contributed by atoms with Crippen molar-refractivity contribution in [1.29, 1.82) is 0 Å². The zero-order valence-electron chi connectivity index (χ0n) is 30.5. The topological polar surface area (TPSA) is 63.9 Å². The van der Waals surface area contributed by atoms with Gasteiger partial charge in [-0.2, -0.15) is 0 Å². The molecule has 4 nitrogen and oxygen atoms in total. The summed E-state index contributed by atoms with van der Waals surface area (Å²) in [5.74, 6) is 0.920. The number of fused-ring (bicyclic) bond motifs is 13. The highest BCUT2D eigenvalue weighted by molar-refractivity contribution is 6.19. The Kier molecular flexibility index (Phi) is 7.26. The normalized spacial score (nSPS) is 13.9. The lowest BCUT2D eigenvalue weighted by molar-refractivity contribution is 0.669. The molecule has 0 radical (unpaired) electrons. The first-order valence-corrected chi connectivity index (χ1v) is 19.1. The van der Waals surface area contributed by atoms with E-state index in [1.165, 1.54) is 44.5 Å². The van der Waals surface area contributed by atoms with E-state index >= 15 is 0 Å². The molecule has 1 heterocycles. The molecule has 0 bridgehead atoms. The van der Waals surface area contributed by atoms with Gasteiger partial charge in [0.1, 0.15) is 17.0 Å². The van der Waals surface area contributed by atoms with Gasteiger partial charge in [-0.1, -0.05) is 182 Å². The van der Waals surface area contributed by atoms with Crippen LogP contribution < -0.4 is 5.73 Å². The van der Waals surface area contributed by atoms with Gasteiger partial charge in [-0.15, -0.1) is 0 Å². The molecule has 0 aliphatic heterocycles. The summed E-state index contributed by atoms with van der Waals surface area (Å²) < 4.78 is 7.03. The van der Waals surface area contributed by atoms with E-state index in [1.807, 2.05) is 60.7 Å². The van der Waals surface area contributed by atoms with Gasteiger partial charge in [0.25, 0.3) is 0 Å². The zero-order chi connectivity index (χ0) is 37.2. The molecule has 0 saturated carbocycles. The number of aliphatic imine (C=N–C) groups is 2. The standard InChI is InChI=1S/C52H35N3O/c53-50(55-51(34-18-5-2-6-19-34)54-32-33-16-3-1-4-17-33)43-28-15-27-42-41-26-14-25-40(48(41)56-49(42)43)39-24-13-23-38-37-22-9-12-31-46(37)52(47(38)39)44-29-10-7-20-35(44)36-21-8-11-30-45(36)52/h1-31H,32H2,(H2,53,54,55). The van der Waals surface area contributed by atoms with Crippen LogP contribution in [0.2, 0.25) is 0 Å². The van der Waals surface area contributed by atoms with Crippen LogP contribution in [0.1, 0.15) is 38.9 Å². The summed E-state index contributed by atoms with van der Waals surface area (Å²) in [4.78, 5) is 9.92. The molecule has 2 aliphatic carbocycles. The maximum atomic E-state index is 7.03. The van der Waals surface area contributed by atoms with Crippen LogP contribution in [0.15, 0.2) is 202 Å². The van der Waals surface area contributed by atoms with Crippen LogP contribution in [0.3, 0.4) is 0 Å². The summed E-state index contributed by atoms with van der Waals surface area (Å²) in [7, 11) is 0. The maximum Gasteiger partial charge on any atom is 0.157 e. The van der Waals surface area contributed by atoms with Crippen LogP contribution >= 0.6 is 0 Å². The highest BCUT2D eigenvalue weighted by Gasteiger charge is 2.52. The van der Waals surface area contributed by atoms with E-state index in [0.717, 1.165) is 44.2 Å². The molecule has 1 spiro atoms. The van der Waals surface area contributed by atoms with Gasteiger partial charge < -0.3 is 10.2 Å². The third-order valence-electron chi connectivity index (χ3n) is 11.6. The summed E-state index contributed by atoms with van der Waals surface area (Å²) >= 11 is 0. The molecule has 1 aromatic heterocycles. The first-order chi connectivity index (χ1) is 27.7. The first kappa shape index (κ1) is 32.2. The van der Waals surface area contributed by atoms with Crippen molar-refractivity contribution < 1.29 is 4.42 Å². The molecule has 9 aromatic rings. The van der Waals surface area contributed by atoms with Gasteiger partial charge in [0.2, 0.25) is 0 Å². The van der Waals surface area contributed by atoms with E-state index < -0.39 is 5.41 Å². The quantitative estimate of drug-likeness (QED) is 0.142. The fourth-order valence-electron chi connectivity index (χ4n) is 9.32. The number of para-hydroxylation sites is 2. The van der Waals surface area contributed by atoms with Crippen LogP contribution in [0.5, 0.6) is 0 Å². The average molecular weight is 718 g/mol. The van der Waals surface area contributed by atoms with Crippen molar-refractivity contribution in [1.82, 2.24) is 0 Å². The molecule has 264 valence electrons. The van der Waals surface area contributed by atoms with Crippen molar-refractivity contribution in [3.05, 3.63) is 227 Å². The van der Waals surface area contributed by atoms with Gasteiger partial charge in [0, 0.05) is 21.9 Å². The minimum Gasteiger partial charge on any atom is -0.455 e. The zero-order valence-corrected chi connectivity index (χ0v) is 30.5. The minimum atomic E-state index is -0.487. The van der Waals surface area contributed by atoms with E-state index in [0.29, 0.717) is 23.8 Å². The van der Waals surface area contributed by atoms with E-state index in [9.17, 15) is 0 Å². The first-order valence-electron chi connectivity index (χ1n) is 19.1. The van der Waals surface area contributed by atoms with Crippen LogP contribution in [0.4, 0.5) is 0 Å². The minimum absolute atomic E-state index is 0.348. The Morgan fingerprint density at radius 3 is 1.61 bits per heavy atom. The second-order valence-corrected chi connectivity index (χ2v) is 14.6. The third kappa shape index (κ3) is 4.66. The molecule has 0 fully saturated rings. The molecule has 0 atom stereocenters. The second-order valence-electron chi connectivity index (χ2n) is 14.6. The summed E-state index contributed by atoms with van der Waals surface area (Å²) in [6.07, 6.45) is 0. The molecule has 2 aliphatic rings. The van der Waals surface area contributed by atoms with Crippen LogP contribution in [-0.4, -0.2) is 11.7 Å². The van der Waals surface area contributed by atoms with Crippen molar-refractivity contribution in [2.45, 2.75) is 12.0 Å². The number of rotatable bonds is 5. The second kappa shape index (κ2) is 12.6. The lowest BCUT2D eigenvalue weighted by Crippen LogP contribution is -2.26. The summed E-state index contributed by atoms with van der Waals surface area (Å²) in [6.45, 7) is 0.488. The van der Waals surface area contributed by atoms with Crippen molar-refractivity contribution in [2.75, 3.05) is 0 Å². The Balaban J connectivity index is 1.12. The molecule has 0 amide bonds. The number of furan rings is 1. The fourth-order valence-corrected chi connectivity index (χ4v) is 9.32. The summed E-state index contributed by atoms with van der Waals surface area (Å²) in [5, 5.41) is 2.02. The lowest BCUT2D eigenvalue weighted by atomic mass is 9.68. The van der Waals surface area contributed by atoms with Gasteiger partial charge in [-0.25, -0.2) is 4.99 Å². The maximum absolute atomic E-state index is 7.03. The number of hydrogen-bond donors (Lipinski definition) is 1. The van der Waals surface area contributed by atoms with Crippen molar-refractivity contribution >= 4 is 33.6 Å². The van der Waals surface area contributed by atoms with E-state index in [1.54, 1.807) is 0 Å². The molecule has 56 heavy (non-hydrogen) atoms. The number of hydrogen-bond acceptors (Lipinski definition) is 2. The number of nitrogens with two attached hydrogens (primary N) is 1. The van der Waals surface area contributed by atoms with Crippen LogP contribution in [0, 0.1) is 0 Å². The highest BCUT2D eigenvalue weighted by Crippen LogP contribution is 2.64. The molecular formula is C52H35N3O. The molecule has 2 N–H and O–H groups in total. The van der Waals surface area contributed by atoms with Crippen LogP contribution in [-0.2, 0) is 12.0 Å². The lowest BCUT2D eigenvalue weighted by Gasteiger charge is -2.32. The number of amidine groups is 2. The van der Waals surface area contributed by atoms with Crippen LogP contribution in [0.25, 0.3) is 55.3 Å². The summed E-state index contributed by atoms with van der Waals surface area (Å²) in [5.41, 5.74) is 23.2. The average Bonchev–Trinajstić information content (AvgIpc) is 3.90. The van der Waals surface area contributed by atoms with Crippen molar-refractivity contribution in [2.24, 2.45) is 15.7 Å². The summed E-state index contributed by atoms with van der Waals surface area (Å²) in [6, 6.07) is 66.3. The van der Waals surface area contributed by atoms with Crippen molar-refractivity contribution in [3.63, 3.8) is 0 Å². The Bertz CT molecular complexity index is 3000. The molecule has 0 unspecified atom stereocenters. The highest BCUT2D eigenvalue weighted by atomic mass is 16.3. The third-order valence-corrected chi connectivity index (χ3v) is 11.6. The molecular weight excluding hydrogens is 683 g/mol. The van der Waals surface area contributed by atoms with Crippen molar-refractivity contribution in [3.8, 4) is 33.4 Å². The Labute approximate surface area is 325 Å². The predicted octanol–water partition coefficient (Wildman–Crippen LogP) is 11.9. The Hall–Kier alpha value is -7.30. The van der Waals surface area contributed by atoms with E-state index in [-0.39, 0.29) is 0 Å². The van der Waals surface area contributed by atoms with Gasteiger partial charge in [0.05, 0.1) is 17.5 Å². The molecule has 8 aromatic carbocycles. The number of nitrogens with zero attached hydrogens (tertiary/aromatic N) is 2. The monoisotopic (exact) mass is 717 g/mol.